The fraction of sp³-hybridized carbons (Fsp3) is 0.368. The topological polar surface area (TPSA) is 188 Å². The lowest BCUT2D eigenvalue weighted by Crippen LogP contribution is -2.63. The van der Waals surface area contributed by atoms with E-state index in [2.05, 4.69) is 10.1 Å². The molecule has 3 aromatic carbocycles. The monoisotopic (exact) mass is 823 g/mol. The molecule has 1 amide bonds. The second kappa shape index (κ2) is 18.4. The van der Waals surface area contributed by atoms with Crippen LogP contribution in [0.15, 0.2) is 48.5 Å². The van der Waals surface area contributed by atoms with E-state index >= 15 is 0 Å². The average Bonchev–Trinajstić information content (AvgIpc) is 3.49. The number of alkyl carbamates (subject to hydrolysis) is 1. The lowest BCUT2D eigenvalue weighted by Gasteiger charge is -2.44. The number of esters is 5. The third-order valence-electron chi connectivity index (χ3n) is 8.67. The van der Waals surface area contributed by atoms with Crippen LogP contribution in [0.25, 0.3) is 11.1 Å². The second-order valence-electron chi connectivity index (χ2n) is 12.7. The highest BCUT2D eigenvalue weighted by Crippen LogP contribution is 2.44. The first kappa shape index (κ1) is 43.0. The Balaban J connectivity index is 1.44. The summed E-state index contributed by atoms with van der Waals surface area (Å²) in [5, 5.41) is 2.06. The predicted octanol–water partition coefficient (Wildman–Crippen LogP) is 4.29. The fourth-order valence-corrected chi connectivity index (χ4v) is 6.31. The van der Waals surface area contributed by atoms with Gasteiger partial charge in [-0.1, -0.05) is 48.5 Å². The van der Waals surface area contributed by atoms with Gasteiger partial charge in [-0.2, -0.15) is 8.78 Å². The molecule has 3 aromatic rings. The third kappa shape index (κ3) is 9.68. The zero-order valence-corrected chi connectivity index (χ0v) is 30.9. The van der Waals surface area contributed by atoms with Crippen molar-refractivity contribution in [2.45, 2.75) is 70.4 Å². The number of amides is 1. The van der Waals surface area contributed by atoms with Crippen LogP contribution in [0.3, 0.4) is 0 Å². The molecule has 6 atom stereocenters. The first-order valence-electron chi connectivity index (χ1n) is 17.2. The van der Waals surface area contributed by atoms with Crippen LogP contribution in [0.2, 0.25) is 0 Å². The van der Waals surface area contributed by atoms with Crippen LogP contribution in [0, 0.1) is 29.1 Å². The minimum absolute atomic E-state index is 0.320. The standard InChI is InChI=1S/C38H34F5NO14/c1-16(45)51-15-26-32(54-17(2)46)34(55-18(3)47)35(56-19(4)48)37(57-26)52-14-25(36(49)58-33-30(42)28(40)27(39)29(41)31(33)43)44-38(50)53-13-24-22-11-7-5-9-20(22)21-10-6-8-12-23(21)24/h5-12,24-26,32,34-35,37H,13-15H2,1-4H3,(H,44,50)/t25-,26?,32+,34+,35?,37-/m0/s1. The van der Waals surface area contributed by atoms with E-state index in [1.807, 2.05) is 36.4 Å². The summed E-state index contributed by atoms with van der Waals surface area (Å²) >= 11 is 0. The van der Waals surface area contributed by atoms with Crippen LogP contribution in [-0.4, -0.2) is 92.5 Å². The van der Waals surface area contributed by atoms with Gasteiger partial charge in [0.05, 0.1) is 6.61 Å². The maximum atomic E-state index is 14.6. The molecule has 0 radical (unpaired) electrons. The van der Waals surface area contributed by atoms with Gasteiger partial charge in [-0.25, -0.2) is 22.8 Å². The molecule has 2 unspecified atom stereocenters. The van der Waals surface area contributed by atoms with Crippen molar-refractivity contribution < 1.29 is 88.6 Å². The number of ether oxygens (including phenoxy) is 8. The molecule has 310 valence electrons. The molecule has 0 bridgehead atoms. The second-order valence-corrected chi connectivity index (χ2v) is 12.7. The van der Waals surface area contributed by atoms with E-state index in [9.17, 15) is 50.7 Å². The number of halogens is 5. The number of nitrogens with one attached hydrogen (secondary N) is 1. The summed E-state index contributed by atoms with van der Waals surface area (Å²) in [4.78, 5) is 74.9. The number of fused-ring (bicyclic) bond motifs is 3. The van der Waals surface area contributed by atoms with Crippen LogP contribution in [0.4, 0.5) is 26.7 Å². The summed E-state index contributed by atoms with van der Waals surface area (Å²) in [6.45, 7) is 1.72. The van der Waals surface area contributed by atoms with E-state index in [1.165, 1.54) is 0 Å². The maximum Gasteiger partial charge on any atom is 0.407 e. The molecule has 5 rings (SSSR count). The largest absolute Gasteiger partial charge is 0.463 e. The number of carbonyl (C=O) groups excluding carboxylic acids is 6. The van der Waals surface area contributed by atoms with Crippen LogP contribution in [-0.2, 0) is 57.1 Å². The van der Waals surface area contributed by atoms with Gasteiger partial charge in [-0.3, -0.25) is 19.2 Å². The van der Waals surface area contributed by atoms with Crippen LogP contribution in [0.1, 0.15) is 44.7 Å². The molecule has 20 heteroatoms. The van der Waals surface area contributed by atoms with Crippen molar-refractivity contribution in [3.8, 4) is 16.9 Å². The molecule has 58 heavy (non-hydrogen) atoms. The van der Waals surface area contributed by atoms with Gasteiger partial charge in [-0.05, 0) is 22.3 Å². The predicted molar refractivity (Wildman–Crippen MR) is 182 cm³/mol. The summed E-state index contributed by atoms with van der Waals surface area (Å²) in [7, 11) is 0. The highest BCUT2D eigenvalue weighted by atomic mass is 19.2. The first-order chi connectivity index (χ1) is 27.5. The van der Waals surface area contributed by atoms with Crippen LogP contribution < -0.4 is 10.1 Å². The number of rotatable bonds is 13. The van der Waals surface area contributed by atoms with E-state index in [4.69, 9.17) is 33.2 Å². The van der Waals surface area contributed by atoms with Gasteiger partial charge in [0.15, 0.2) is 30.6 Å². The average molecular weight is 824 g/mol. The van der Waals surface area contributed by atoms with Crippen molar-refractivity contribution in [1.29, 1.82) is 0 Å². The summed E-state index contributed by atoms with van der Waals surface area (Å²) in [6.07, 6.45) is -10.0. The molecule has 0 saturated carbocycles. The molecule has 1 heterocycles. The molecule has 15 nitrogen and oxygen atoms in total. The van der Waals surface area contributed by atoms with Crippen molar-refractivity contribution in [3.63, 3.8) is 0 Å². The lowest BCUT2D eigenvalue weighted by atomic mass is 9.98. The van der Waals surface area contributed by atoms with Crippen molar-refractivity contribution >= 4 is 35.9 Å². The van der Waals surface area contributed by atoms with Gasteiger partial charge in [0.2, 0.25) is 34.8 Å². The zero-order chi connectivity index (χ0) is 42.4. The van der Waals surface area contributed by atoms with Crippen molar-refractivity contribution in [1.82, 2.24) is 5.32 Å². The molecular formula is C38H34F5NO14. The van der Waals surface area contributed by atoms with Crippen molar-refractivity contribution in [2.24, 2.45) is 0 Å². The minimum Gasteiger partial charge on any atom is -0.463 e. The molecule has 1 fully saturated rings. The summed E-state index contributed by atoms with van der Waals surface area (Å²) in [6, 6.07) is 12.3. The number of carbonyl (C=O) groups is 6. The van der Waals surface area contributed by atoms with E-state index in [-0.39, 0.29) is 6.61 Å². The Bertz CT molecular complexity index is 2030. The Labute approximate surface area is 325 Å². The Morgan fingerprint density at radius 1 is 0.638 bits per heavy atom. The minimum atomic E-state index is -2.55. The Morgan fingerprint density at radius 3 is 1.67 bits per heavy atom. The molecule has 1 aliphatic carbocycles. The van der Waals surface area contributed by atoms with Gasteiger partial charge in [0, 0.05) is 33.6 Å². The molecule has 1 saturated heterocycles. The van der Waals surface area contributed by atoms with Gasteiger partial charge in [0.1, 0.15) is 19.3 Å². The zero-order valence-electron chi connectivity index (χ0n) is 30.9. The maximum absolute atomic E-state index is 14.6. The third-order valence-corrected chi connectivity index (χ3v) is 8.67. The summed E-state index contributed by atoms with van der Waals surface area (Å²) in [5.41, 5.74) is 3.33. The number of hydrogen-bond donors (Lipinski definition) is 1. The van der Waals surface area contributed by atoms with Crippen LogP contribution >= 0.6 is 0 Å². The fourth-order valence-electron chi connectivity index (χ4n) is 6.31. The van der Waals surface area contributed by atoms with E-state index in [0.29, 0.717) is 0 Å². The van der Waals surface area contributed by atoms with Crippen LogP contribution in [0.5, 0.6) is 5.75 Å². The highest BCUT2D eigenvalue weighted by molar-refractivity contribution is 5.83. The molecule has 2 aliphatic rings. The van der Waals surface area contributed by atoms with Gasteiger partial charge >= 0.3 is 35.9 Å². The Hall–Kier alpha value is -6.15. The molecule has 1 N–H and O–H groups in total. The highest BCUT2D eigenvalue weighted by Gasteiger charge is 2.53. The smallest absolute Gasteiger partial charge is 0.407 e. The summed E-state index contributed by atoms with van der Waals surface area (Å²) in [5.74, 6) is -20.7. The molecule has 0 spiro atoms. The van der Waals surface area contributed by atoms with Gasteiger partial charge < -0.3 is 43.2 Å². The number of hydrogen-bond acceptors (Lipinski definition) is 14. The normalized spacial score (nSPS) is 20.1. The molecular weight excluding hydrogens is 789 g/mol. The van der Waals surface area contributed by atoms with Gasteiger partial charge in [-0.15, -0.1) is 0 Å². The van der Waals surface area contributed by atoms with Crippen molar-refractivity contribution in [3.05, 3.63) is 88.7 Å². The van der Waals surface area contributed by atoms with E-state index in [1.54, 1.807) is 12.1 Å². The Morgan fingerprint density at radius 2 is 1.14 bits per heavy atom. The van der Waals surface area contributed by atoms with E-state index in [0.717, 1.165) is 49.9 Å². The SMILES string of the molecule is CC(=O)OCC1O[C@H](OC[C@H](NC(=O)OCC2c3ccccc3-c3ccccc32)C(=O)Oc2c(F)c(F)c(F)c(F)c2F)C(OC(C)=O)[C@H](OC(C)=O)[C@@H]1OC(C)=O. The first-order valence-corrected chi connectivity index (χ1v) is 17.2. The summed E-state index contributed by atoms with van der Waals surface area (Å²) < 4.78 is 113. The van der Waals surface area contributed by atoms with Crippen molar-refractivity contribution in [2.75, 3.05) is 19.8 Å². The number of benzene rings is 3. The van der Waals surface area contributed by atoms with E-state index < -0.39 is 127 Å². The van der Waals surface area contributed by atoms with Gasteiger partial charge in [0.25, 0.3) is 0 Å². The quantitative estimate of drug-likeness (QED) is 0.0642. The lowest BCUT2D eigenvalue weighted by molar-refractivity contribution is -0.308. The Kier molecular flexibility index (Phi) is 13.6. The molecule has 1 aliphatic heterocycles. The molecule has 0 aromatic heterocycles.